The Balaban J connectivity index is 1.61. The molecule has 0 aliphatic heterocycles. The molecule has 7 heteroatoms. The molecule has 0 fully saturated rings. The Morgan fingerprint density at radius 1 is 1.27 bits per heavy atom. The molecule has 1 atom stereocenters. The van der Waals surface area contributed by atoms with Crippen LogP contribution in [0.4, 0.5) is 5.13 Å². The molecule has 0 aliphatic carbocycles. The van der Waals surface area contributed by atoms with Crippen LogP contribution in [-0.2, 0) is 4.79 Å². The minimum atomic E-state index is -0.261. The minimum absolute atomic E-state index is 0.0896. The van der Waals surface area contributed by atoms with Crippen LogP contribution in [0.15, 0.2) is 59.1 Å². The average Bonchev–Trinajstić information content (AvgIpc) is 3.12. The summed E-state index contributed by atoms with van der Waals surface area (Å²) in [5.41, 5.74) is 1.82. The summed E-state index contributed by atoms with van der Waals surface area (Å²) in [6.07, 6.45) is 1.72. The van der Waals surface area contributed by atoms with Crippen molar-refractivity contribution in [1.82, 2.24) is 9.97 Å². The first kappa shape index (κ1) is 18.4. The monoisotopic (exact) mass is 385 g/mol. The van der Waals surface area contributed by atoms with E-state index in [-0.39, 0.29) is 11.2 Å². The maximum Gasteiger partial charge on any atom is 0.239 e. The van der Waals surface area contributed by atoms with Gasteiger partial charge in [-0.1, -0.05) is 17.8 Å². The fourth-order valence-electron chi connectivity index (χ4n) is 2.21. The number of ether oxygens (including phenoxy) is 1. The van der Waals surface area contributed by atoms with Crippen LogP contribution in [0.3, 0.4) is 0 Å². The molecule has 2 heterocycles. The molecule has 1 aromatic carbocycles. The fraction of sp³-hybridized carbons (Fsp3) is 0.211. The minimum Gasteiger partial charge on any atom is -0.494 e. The normalized spacial score (nSPS) is 11.8. The molecule has 0 aliphatic rings. The van der Waals surface area contributed by atoms with Crippen molar-refractivity contribution < 1.29 is 9.53 Å². The quantitative estimate of drug-likeness (QED) is 0.596. The number of carbonyl (C=O) groups is 1. The summed E-state index contributed by atoms with van der Waals surface area (Å²) in [6.45, 7) is 4.45. The number of nitrogens with zero attached hydrogens (tertiary/aromatic N) is 2. The lowest BCUT2D eigenvalue weighted by Gasteiger charge is -2.09. The van der Waals surface area contributed by atoms with Gasteiger partial charge in [-0.3, -0.25) is 4.79 Å². The van der Waals surface area contributed by atoms with Gasteiger partial charge in [-0.25, -0.2) is 9.97 Å². The zero-order valence-corrected chi connectivity index (χ0v) is 16.1. The number of aromatic nitrogens is 2. The van der Waals surface area contributed by atoms with Gasteiger partial charge >= 0.3 is 0 Å². The number of thiazole rings is 1. The van der Waals surface area contributed by atoms with Gasteiger partial charge in [0.25, 0.3) is 0 Å². The van der Waals surface area contributed by atoms with Gasteiger partial charge in [0.05, 0.1) is 22.6 Å². The zero-order chi connectivity index (χ0) is 18.4. The summed E-state index contributed by atoms with van der Waals surface area (Å²) in [5.74, 6) is 0.744. The smallest absolute Gasteiger partial charge is 0.239 e. The van der Waals surface area contributed by atoms with Crippen molar-refractivity contribution in [3.8, 4) is 17.0 Å². The Kier molecular flexibility index (Phi) is 6.25. The first-order chi connectivity index (χ1) is 12.7. The van der Waals surface area contributed by atoms with E-state index in [0.717, 1.165) is 22.0 Å². The predicted octanol–water partition coefficient (Wildman–Crippen LogP) is 4.72. The van der Waals surface area contributed by atoms with Crippen LogP contribution in [0.5, 0.6) is 5.75 Å². The van der Waals surface area contributed by atoms with Crippen LogP contribution >= 0.6 is 23.1 Å². The molecule has 1 amide bonds. The Labute approximate surface area is 160 Å². The maximum atomic E-state index is 12.4. The number of carbonyl (C=O) groups excluding carboxylic acids is 1. The summed E-state index contributed by atoms with van der Waals surface area (Å²) in [5, 5.41) is 5.96. The van der Waals surface area contributed by atoms with Gasteiger partial charge in [-0.2, -0.15) is 0 Å². The molecule has 0 radical (unpaired) electrons. The van der Waals surface area contributed by atoms with Crippen molar-refractivity contribution in [3.63, 3.8) is 0 Å². The Morgan fingerprint density at radius 3 is 2.77 bits per heavy atom. The maximum absolute atomic E-state index is 12.4. The van der Waals surface area contributed by atoms with Gasteiger partial charge in [0.2, 0.25) is 5.91 Å². The molecule has 1 N–H and O–H groups in total. The van der Waals surface area contributed by atoms with Gasteiger partial charge in [0.1, 0.15) is 5.75 Å². The summed E-state index contributed by atoms with van der Waals surface area (Å²) in [6, 6.07) is 13.4. The van der Waals surface area contributed by atoms with E-state index in [0.29, 0.717) is 11.7 Å². The van der Waals surface area contributed by atoms with Crippen molar-refractivity contribution in [1.29, 1.82) is 0 Å². The van der Waals surface area contributed by atoms with Gasteiger partial charge in [0.15, 0.2) is 5.13 Å². The molecule has 0 saturated heterocycles. The molecule has 3 rings (SSSR count). The summed E-state index contributed by atoms with van der Waals surface area (Å²) in [7, 11) is 0. The highest BCUT2D eigenvalue weighted by molar-refractivity contribution is 8.00. The summed E-state index contributed by atoms with van der Waals surface area (Å²) < 4.78 is 5.45. The van der Waals surface area contributed by atoms with E-state index in [4.69, 9.17) is 4.74 Å². The number of nitrogens with one attached hydrogen (secondary N) is 1. The summed E-state index contributed by atoms with van der Waals surface area (Å²) >= 11 is 2.83. The van der Waals surface area contributed by atoms with Crippen LogP contribution in [0, 0.1) is 0 Å². The van der Waals surface area contributed by atoms with Gasteiger partial charge < -0.3 is 10.1 Å². The largest absolute Gasteiger partial charge is 0.494 e. The third-order valence-electron chi connectivity index (χ3n) is 3.50. The topological polar surface area (TPSA) is 64.1 Å². The van der Waals surface area contributed by atoms with E-state index in [1.807, 2.05) is 61.7 Å². The molecule has 0 saturated carbocycles. The third kappa shape index (κ3) is 4.83. The van der Waals surface area contributed by atoms with Crippen molar-refractivity contribution in [2.75, 3.05) is 11.9 Å². The number of benzene rings is 1. The molecule has 134 valence electrons. The highest BCUT2D eigenvalue weighted by Crippen LogP contribution is 2.27. The van der Waals surface area contributed by atoms with E-state index in [1.54, 1.807) is 6.20 Å². The summed E-state index contributed by atoms with van der Waals surface area (Å²) in [4.78, 5) is 21.1. The zero-order valence-electron chi connectivity index (χ0n) is 14.5. The Bertz CT molecular complexity index is 851. The number of thioether (sulfide) groups is 1. The average molecular weight is 386 g/mol. The van der Waals surface area contributed by atoms with Crippen molar-refractivity contribution >= 4 is 34.1 Å². The standard InChI is InChI=1S/C19H19N3O2S2/c1-3-24-15-9-7-14(8-10-15)16-12-25-19(21-16)22-18(23)13(2)26-17-6-4-5-11-20-17/h4-13H,3H2,1-2H3,(H,21,22,23). The number of hydrogen-bond acceptors (Lipinski definition) is 6. The number of pyridine rings is 1. The molecule has 2 aromatic heterocycles. The van der Waals surface area contributed by atoms with Crippen LogP contribution in [0.2, 0.25) is 0 Å². The van der Waals surface area contributed by atoms with Gasteiger partial charge in [-0.15, -0.1) is 11.3 Å². The Hall–Kier alpha value is -2.38. The molecular weight excluding hydrogens is 366 g/mol. The van der Waals surface area contributed by atoms with Crippen LogP contribution in [0.25, 0.3) is 11.3 Å². The lowest BCUT2D eigenvalue weighted by molar-refractivity contribution is -0.115. The molecule has 0 bridgehead atoms. The van der Waals surface area contributed by atoms with Gasteiger partial charge in [-0.05, 0) is 50.2 Å². The highest BCUT2D eigenvalue weighted by Gasteiger charge is 2.16. The van der Waals surface area contributed by atoms with Crippen LogP contribution in [-0.4, -0.2) is 27.7 Å². The third-order valence-corrected chi connectivity index (χ3v) is 5.31. The second-order valence-electron chi connectivity index (χ2n) is 5.41. The van der Waals surface area contributed by atoms with Crippen LogP contribution < -0.4 is 10.1 Å². The molecule has 1 unspecified atom stereocenters. The molecule has 3 aromatic rings. The molecule has 5 nitrogen and oxygen atoms in total. The Morgan fingerprint density at radius 2 is 2.08 bits per heavy atom. The molecule has 26 heavy (non-hydrogen) atoms. The van der Waals surface area contributed by atoms with Crippen molar-refractivity contribution in [2.45, 2.75) is 24.1 Å². The second kappa shape index (κ2) is 8.82. The van der Waals surface area contributed by atoms with Crippen molar-refractivity contribution in [3.05, 3.63) is 54.0 Å². The first-order valence-corrected chi connectivity index (χ1v) is 9.99. The number of rotatable bonds is 7. The lowest BCUT2D eigenvalue weighted by atomic mass is 10.2. The fourth-order valence-corrected chi connectivity index (χ4v) is 3.74. The number of anilines is 1. The predicted molar refractivity (Wildman–Crippen MR) is 107 cm³/mol. The second-order valence-corrected chi connectivity index (χ2v) is 7.63. The van der Waals surface area contributed by atoms with E-state index in [2.05, 4.69) is 15.3 Å². The molecular formula is C19H19N3O2S2. The van der Waals surface area contributed by atoms with Gasteiger partial charge in [0, 0.05) is 17.1 Å². The van der Waals surface area contributed by atoms with E-state index in [1.165, 1.54) is 23.1 Å². The molecule has 0 spiro atoms. The SMILES string of the molecule is CCOc1ccc(-c2csc(NC(=O)C(C)Sc3ccccn3)n2)cc1. The van der Waals surface area contributed by atoms with Crippen molar-refractivity contribution in [2.24, 2.45) is 0 Å². The van der Waals surface area contributed by atoms with E-state index < -0.39 is 0 Å². The van der Waals surface area contributed by atoms with E-state index in [9.17, 15) is 4.79 Å². The lowest BCUT2D eigenvalue weighted by Crippen LogP contribution is -2.22. The highest BCUT2D eigenvalue weighted by atomic mass is 32.2. The number of hydrogen-bond donors (Lipinski definition) is 1. The van der Waals surface area contributed by atoms with E-state index >= 15 is 0 Å². The number of amides is 1. The van der Waals surface area contributed by atoms with Crippen LogP contribution in [0.1, 0.15) is 13.8 Å². The first-order valence-electron chi connectivity index (χ1n) is 8.23.